The molecule has 2 aromatic carbocycles. The van der Waals surface area contributed by atoms with E-state index in [-0.39, 0.29) is 24.6 Å². The van der Waals surface area contributed by atoms with Gasteiger partial charge in [-0.3, -0.25) is 9.69 Å². The summed E-state index contributed by atoms with van der Waals surface area (Å²) < 4.78 is 26.7. The fourth-order valence-corrected chi connectivity index (χ4v) is 4.86. The van der Waals surface area contributed by atoms with E-state index in [1.165, 1.54) is 5.56 Å². The van der Waals surface area contributed by atoms with Gasteiger partial charge in [0.05, 0.1) is 12.2 Å². The summed E-state index contributed by atoms with van der Waals surface area (Å²) in [5.41, 5.74) is 3.27. The van der Waals surface area contributed by atoms with Crippen LogP contribution in [0.3, 0.4) is 0 Å². The Labute approximate surface area is 173 Å². The standard InChI is InChI=1S/C22H29N3O3S/c1-19-6-5-9-21(16-19)17-22(26)23-10-15-29(27,28)25-13-11-24(12-14-25)18-20-7-3-2-4-8-20/h2-9,16H,10-15,17-18H2,1H3,(H,23,26). The number of piperazine rings is 1. The zero-order valence-corrected chi connectivity index (χ0v) is 17.7. The smallest absolute Gasteiger partial charge is 0.224 e. The Balaban J connectivity index is 1.40. The molecule has 29 heavy (non-hydrogen) atoms. The van der Waals surface area contributed by atoms with Gasteiger partial charge in [-0.1, -0.05) is 60.2 Å². The second-order valence-electron chi connectivity index (χ2n) is 7.49. The highest BCUT2D eigenvalue weighted by Gasteiger charge is 2.26. The van der Waals surface area contributed by atoms with E-state index in [4.69, 9.17) is 0 Å². The largest absolute Gasteiger partial charge is 0.355 e. The molecule has 6 nitrogen and oxygen atoms in total. The number of rotatable bonds is 8. The van der Waals surface area contributed by atoms with Crippen LogP contribution < -0.4 is 5.32 Å². The summed E-state index contributed by atoms with van der Waals surface area (Å²) in [4.78, 5) is 14.3. The summed E-state index contributed by atoms with van der Waals surface area (Å²) in [6, 6.07) is 18.0. The third-order valence-electron chi connectivity index (χ3n) is 5.10. The maximum absolute atomic E-state index is 12.6. The summed E-state index contributed by atoms with van der Waals surface area (Å²) in [7, 11) is -3.36. The molecule has 0 unspecified atom stereocenters. The first kappa shape index (κ1) is 21.5. The molecule has 156 valence electrons. The van der Waals surface area contributed by atoms with Crippen molar-refractivity contribution in [2.45, 2.75) is 19.9 Å². The molecule has 1 fully saturated rings. The summed E-state index contributed by atoms with van der Waals surface area (Å²) >= 11 is 0. The van der Waals surface area contributed by atoms with E-state index in [1.54, 1.807) is 4.31 Å². The monoisotopic (exact) mass is 415 g/mol. The molecule has 0 atom stereocenters. The van der Waals surface area contributed by atoms with Gasteiger partial charge in [0.15, 0.2) is 0 Å². The Morgan fingerprint density at radius 3 is 2.34 bits per heavy atom. The second-order valence-corrected chi connectivity index (χ2v) is 9.58. The molecule has 0 spiro atoms. The molecule has 0 radical (unpaired) electrons. The lowest BCUT2D eigenvalue weighted by Crippen LogP contribution is -2.49. The van der Waals surface area contributed by atoms with E-state index in [2.05, 4.69) is 22.3 Å². The van der Waals surface area contributed by atoms with Gasteiger partial charge in [-0.15, -0.1) is 0 Å². The van der Waals surface area contributed by atoms with Crippen LogP contribution in [0.2, 0.25) is 0 Å². The van der Waals surface area contributed by atoms with E-state index < -0.39 is 10.0 Å². The topological polar surface area (TPSA) is 69.7 Å². The van der Waals surface area contributed by atoms with Gasteiger partial charge in [-0.2, -0.15) is 4.31 Å². The van der Waals surface area contributed by atoms with Crippen LogP contribution in [-0.2, 0) is 27.8 Å². The molecular formula is C22H29N3O3S. The molecule has 1 aliphatic heterocycles. The first-order valence-electron chi connectivity index (χ1n) is 9.99. The number of carbonyl (C=O) groups is 1. The Morgan fingerprint density at radius 1 is 0.966 bits per heavy atom. The molecule has 3 rings (SSSR count). The van der Waals surface area contributed by atoms with Crippen LogP contribution in [0.1, 0.15) is 16.7 Å². The number of nitrogens with zero attached hydrogens (tertiary/aromatic N) is 2. The Bertz CT molecular complexity index is 908. The molecule has 1 N–H and O–H groups in total. The van der Waals surface area contributed by atoms with Crippen LogP contribution in [0.4, 0.5) is 0 Å². The molecule has 2 aromatic rings. The zero-order valence-electron chi connectivity index (χ0n) is 16.9. The fourth-order valence-electron chi connectivity index (χ4n) is 3.53. The third kappa shape index (κ3) is 6.66. The zero-order chi connectivity index (χ0) is 20.7. The average molecular weight is 416 g/mol. The Hall–Kier alpha value is -2.22. The van der Waals surface area contributed by atoms with Crippen LogP contribution in [0.25, 0.3) is 0 Å². The summed E-state index contributed by atoms with van der Waals surface area (Å²) in [5, 5.41) is 2.73. The van der Waals surface area contributed by atoms with Gasteiger partial charge in [0, 0.05) is 39.3 Å². The van der Waals surface area contributed by atoms with Crippen molar-refractivity contribution in [2.24, 2.45) is 0 Å². The molecule has 1 amide bonds. The highest BCUT2D eigenvalue weighted by molar-refractivity contribution is 7.89. The van der Waals surface area contributed by atoms with Gasteiger partial charge in [0.2, 0.25) is 15.9 Å². The van der Waals surface area contributed by atoms with Crippen molar-refractivity contribution in [3.63, 3.8) is 0 Å². The normalized spacial score (nSPS) is 15.9. The van der Waals surface area contributed by atoms with E-state index in [9.17, 15) is 13.2 Å². The van der Waals surface area contributed by atoms with Gasteiger partial charge in [0.25, 0.3) is 0 Å². The highest BCUT2D eigenvalue weighted by Crippen LogP contribution is 2.11. The van der Waals surface area contributed by atoms with Crippen molar-refractivity contribution in [1.29, 1.82) is 0 Å². The third-order valence-corrected chi connectivity index (χ3v) is 6.97. The quantitative estimate of drug-likeness (QED) is 0.714. The van der Waals surface area contributed by atoms with Crippen LogP contribution in [0.5, 0.6) is 0 Å². The van der Waals surface area contributed by atoms with Crippen molar-refractivity contribution in [1.82, 2.24) is 14.5 Å². The predicted octanol–water partition coefficient (Wildman–Crippen LogP) is 1.80. The second kappa shape index (κ2) is 10.0. The van der Waals surface area contributed by atoms with Crippen LogP contribution >= 0.6 is 0 Å². The minimum Gasteiger partial charge on any atom is -0.355 e. The van der Waals surface area contributed by atoms with Gasteiger partial charge >= 0.3 is 0 Å². The predicted molar refractivity (Wildman–Crippen MR) is 115 cm³/mol. The first-order chi connectivity index (χ1) is 13.9. The summed E-state index contributed by atoms with van der Waals surface area (Å²) in [6.07, 6.45) is 0.264. The minimum atomic E-state index is -3.36. The lowest BCUT2D eigenvalue weighted by Gasteiger charge is -2.34. The maximum atomic E-state index is 12.6. The molecule has 1 saturated heterocycles. The van der Waals surface area contributed by atoms with Crippen molar-refractivity contribution in [3.8, 4) is 0 Å². The number of amides is 1. The number of carbonyl (C=O) groups excluding carboxylic acids is 1. The number of hydrogen-bond acceptors (Lipinski definition) is 4. The first-order valence-corrected chi connectivity index (χ1v) is 11.6. The van der Waals surface area contributed by atoms with Crippen LogP contribution in [0, 0.1) is 6.92 Å². The van der Waals surface area contributed by atoms with E-state index >= 15 is 0 Å². The van der Waals surface area contributed by atoms with Crippen LogP contribution in [0.15, 0.2) is 54.6 Å². The van der Waals surface area contributed by atoms with E-state index in [1.807, 2.05) is 49.4 Å². The number of sulfonamides is 1. The molecule has 1 aliphatic rings. The van der Waals surface area contributed by atoms with Gasteiger partial charge in [-0.05, 0) is 18.1 Å². The molecular weight excluding hydrogens is 386 g/mol. The van der Waals surface area contributed by atoms with E-state index in [0.717, 1.165) is 17.7 Å². The van der Waals surface area contributed by atoms with Crippen molar-refractivity contribution in [2.75, 3.05) is 38.5 Å². The molecule has 7 heteroatoms. The maximum Gasteiger partial charge on any atom is 0.224 e. The summed E-state index contributed by atoms with van der Waals surface area (Å²) in [6.45, 7) is 5.37. The van der Waals surface area contributed by atoms with Gasteiger partial charge in [-0.25, -0.2) is 8.42 Å². The number of benzene rings is 2. The average Bonchev–Trinajstić information content (AvgIpc) is 2.69. The molecule has 0 aliphatic carbocycles. The molecule has 0 saturated carbocycles. The summed E-state index contributed by atoms with van der Waals surface area (Å²) in [5.74, 6) is -0.218. The number of hydrogen-bond donors (Lipinski definition) is 1. The lowest BCUT2D eigenvalue weighted by molar-refractivity contribution is -0.120. The van der Waals surface area contributed by atoms with Crippen molar-refractivity contribution in [3.05, 3.63) is 71.3 Å². The molecule has 0 aromatic heterocycles. The fraction of sp³-hybridized carbons (Fsp3) is 0.409. The lowest BCUT2D eigenvalue weighted by atomic mass is 10.1. The molecule has 0 bridgehead atoms. The van der Waals surface area contributed by atoms with Crippen molar-refractivity contribution < 1.29 is 13.2 Å². The Morgan fingerprint density at radius 2 is 1.66 bits per heavy atom. The molecule has 1 heterocycles. The highest BCUT2D eigenvalue weighted by atomic mass is 32.2. The minimum absolute atomic E-state index is 0.0642. The Kier molecular flexibility index (Phi) is 7.41. The SMILES string of the molecule is Cc1cccc(CC(=O)NCCS(=O)(=O)N2CCN(Cc3ccccc3)CC2)c1. The van der Waals surface area contributed by atoms with Gasteiger partial charge < -0.3 is 5.32 Å². The van der Waals surface area contributed by atoms with Crippen LogP contribution in [-0.4, -0.2) is 62.0 Å². The van der Waals surface area contributed by atoms with Crippen molar-refractivity contribution >= 4 is 15.9 Å². The van der Waals surface area contributed by atoms with Gasteiger partial charge in [0.1, 0.15) is 0 Å². The number of aryl methyl sites for hydroxylation is 1. The van der Waals surface area contributed by atoms with E-state index in [0.29, 0.717) is 26.2 Å². The number of nitrogens with one attached hydrogen (secondary N) is 1.